The van der Waals surface area contributed by atoms with Gasteiger partial charge in [-0.1, -0.05) is 25.0 Å². The monoisotopic (exact) mass is 349 g/mol. The van der Waals surface area contributed by atoms with Crippen LogP contribution in [0.4, 0.5) is 24.5 Å². The second-order valence-electron chi connectivity index (χ2n) is 5.97. The van der Waals surface area contributed by atoms with E-state index < -0.39 is 17.3 Å². The zero-order valence-electron chi connectivity index (χ0n) is 13.2. The van der Waals surface area contributed by atoms with Gasteiger partial charge in [0.1, 0.15) is 0 Å². The summed E-state index contributed by atoms with van der Waals surface area (Å²) in [4.78, 5) is 15.8. The van der Waals surface area contributed by atoms with Crippen LogP contribution in [0, 0.1) is 0 Å². The number of benzene rings is 1. The number of nitrogens with zero attached hydrogens (tertiary/aromatic N) is 1. The van der Waals surface area contributed by atoms with E-state index in [1.165, 1.54) is 24.4 Å². The molecule has 0 radical (unpaired) electrons. The van der Waals surface area contributed by atoms with Crippen molar-refractivity contribution in [2.75, 3.05) is 5.32 Å². The molecule has 0 bridgehead atoms. The van der Waals surface area contributed by atoms with Crippen molar-refractivity contribution in [3.63, 3.8) is 0 Å². The topological polar surface area (TPSA) is 77.8 Å². The molecule has 132 valence electrons. The molecule has 0 unspecified atom stereocenters. The number of aromatic nitrogens is 1. The minimum absolute atomic E-state index is 0.0530. The molecule has 1 fully saturated rings. The van der Waals surface area contributed by atoms with E-state index in [0.29, 0.717) is 24.2 Å². The third-order valence-corrected chi connectivity index (χ3v) is 3.95. The first-order valence-electron chi connectivity index (χ1n) is 7.69. The van der Waals surface area contributed by atoms with Gasteiger partial charge in [0.15, 0.2) is 0 Å². The van der Waals surface area contributed by atoms with Crippen molar-refractivity contribution in [1.29, 1.82) is 0 Å². The van der Waals surface area contributed by atoms with Crippen LogP contribution in [0.15, 0.2) is 42.6 Å². The maximum atomic E-state index is 13.0. The largest absolute Gasteiger partial charge is 0.664 e. The standard InChI is InChI=1S/C17H16F3N4O/c18-17(19,20)13-3-1-2-4-14(13)24-12-6-5-11(22-10-12)9-23-15(25)16(21)7-8-16/h1-6,10,21,24H,7-9H2,(H,23,25)/q-1. The molecule has 5 nitrogen and oxygen atoms in total. The molecule has 3 rings (SSSR count). The van der Waals surface area contributed by atoms with Gasteiger partial charge in [0.05, 0.1) is 35.4 Å². The van der Waals surface area contributed by atoms with Gasteiger partial charge in [-0.3, -0.25) is 9.78 Å². The second kappa shape index (κ2) is 6.36. The fraction of sp³-hybridized carbons (Fsp3) is 0.294. The molecule has 0 saturated heterocycles. The molecule has 1 aromatic heterocycles. The zero-order chi connectivity index (χ0) is 18.1. The summed E-state index contributed by atoms with van der Waals surface area (Å²) in [6, 6.07) is 8.41. The van der Waals surface area contributed by atoms with Gasteiger partial charge in [-0.15, -0.1) is 0 Å². The predicted octanol–water partition coefficient (Wildman–Crippen LogP) is 4.05. The Bertz CT molecular complexity index is 770. The number of hydrogen-bond acceptors (Lipinski definition) is 3. The first-order chi connectivity index (χ1) is 11.8. The lowest BCUT2D eigenvalue weighted by atomic mass is 10.1. The minimum atomic E-state index is -4.45. The maximum Gasteiger partial charge on any atom is 0.418 e. The molecule has 2 aromatic rings. The van der Waals surface area contributed by atoms with Crippen LogP contribution >= 0.6 is 0 Å². The van der Waals surface area contributed by atoms with Crippen molar-refractivity contribution >= 4 is 17.3 Å². The molecule has 1 saturated carbocycles. The summed E-state index contributed by atoms with van der Waals surface area (Å²) >= 11 is 0. The van der Waals surface area contributed by atoms with Gasteiger partial charge >= 0.3 is 6.18 Å². The van der Waals surface area contributed by atoms with E-state index in [9.17, 15) is 18.0 Å². The Balaban J connectivity index is 1.64. The van der Waals surface area contributed by atoms with Crippen molar-refractivity contribution in [2.24, 2.45) is 0 Å². The number of rotatable bonds is 5. The van der Waals surface area contributed by atoms with Crippen LogP contribution in [0.3, 0.4) is 0 Å². The molecule has 0 spiro atoms. The molecular formula is C17H16F3N4O-. The predicted molar refractivity (Wildman–Crippen MR) is 87.1 cm³/mol. The zero-order valence-corrected chi connectivity index (χ0v) is 13.2. The molecule has 8 heteroatoms. The first-order valence-corrected chi connectivity index (χ1v) is 7.69. The van der Waals surface area contributed by atoms with Crippen molar-refractivity contribution < 1.29 is 18.0 Å². The number of pyridine rings is 1. The van der Waals surface area contributed by atoms with Gasteiger partial charge in [0.25, 0.3) is 0 Å². The highest BCUT2D eigenvalue weighted by molar-refractivity contribution is 5.90. The molecule has 1 aliphatic carbocycles. The molecule has 3 N–H and O–H groups in total. The van der Waals surface area contributed by atoms with Crippen LogP contribution in [-0.4, -0.2) is 16.4 Å². The number of alkyl halides is 3. The van der Waals surface area contributed by atoms with E-state index in [0.717, 1.165) is 6.07 Å². The van der Waals surface area contributed by atoms with Crippen LogP contribution < -0.4 is 10.6 Å². The highest BCUT2D eigenvalue weighted by Crippen LogP contribution is 2.38. The highest BCUT2D eigenvalue weighted by Gasteiger charge is 2.37. The molecule has 1 heterocycles. The normalized spacial score (nSPS) is 15.5. The number of halogens is 3. The molecule has 0 atom stereocenters. The number of para-hydroxylation sites is 1. The van der Waals surface area contributed by atoms with Gasteiger partial charge in [-0.05, 0) is 29.8 Å². The summed E-state index contributed by atoms with van der Waals surface area (Å²) in [5, 5.41) is 5.35. The average Bonchev–Trinajstić information content (AvgIpc) is 3.32. The molecule has 0 aliphatic heterocycles. The number of carbonyl (C=O) groups is 1. The van der Waals surface area contributed by atoms with Crippen molar-refractivity contribution in [3.8, 4) is 0 Å². The van der Waals surface area contributed by atoms with Crippen molar-refractivity contribution in [3.05, 3.63) is 59.6 Å². The Morgan fingerprint density at radius 3 is 2.52 bits per heavy atom. The van der Waals surface area contributed by atoms with Crippen LogP contribution in [0.2, 0.25) is 0 Å². The summed E-state index contributed by atoms with van der Waals surface area (Å²) in [5.41, 5.74) is 6.88. The number of amides is 1. The average molecular weight is 349 g/mol. The fourth-order valence-corrected chi connectivity index (χ4v) is 2.29. The van der Waals surface area contributed by atoms with E-state index in [2.05, 4.69) is 15.6 Å². The van der Waals surface area contributed by atoms with Crippen molar-refractivity contribution in [1.82, 2.24) is 10.3 Å². The van der Waals surface area contributed by atoms with Crippen LogP contribution in [0.1, 0.15) is 24.1 Å². The Kier molecular flexibility index (Phi) is 4.38. The van der Waals surface area contributed by atoms with E-state index >= 15 is 0 Å². The number of anilines is 2. The molecule has 25 heavy (non-hydrogen) atoms. The molecule has 1 amide bonds. The summed E-state index contributed by atoms with van der Waals surface area (Å²) in [6.07, 6.45) is -1.92. The quantitative estimate of drug-likeness (QED) is 0.855. The van der Waals surface area contributed by atoms with E-state index in [1.54, 1.807) is 12.1 Å². The van der Waals surface area contributed by atoms with E-state index in [1.807, 2.05) is 0 Å². The maximum absolute atomic E-state index is 13.0. The van der Waals surface area contributed by atoms with Crippen molar-refractivity contribution in [2.45, 2.75) is 31.1 Å². The smallest absolute Gasteiger partial charge is 0.418 e. The van der Waals surface area contributed by atoms with Gasteiger partial charge in [0, 0.05) is 0 Å². The Labute approximate surface area is 142 Å². The van der Waals surface area contributed by atoms with Gasteiger partial charge < -0.3 is 16.4 Å². The lowest BCUT2D eigenvalue weighted by molar-refractivity contribution is -0.137. The highest BCUT2D eigenvalue weighted by atomic mass is 19.4. The summed E-state index contributed by atoms with van der Waals surface area (Å²) in [7, 11) is 0. The van der Waals surface area contributed by atoms with Gasteiger partial charge in [0.2, 0.25) is 5.91 Å². The summed E-state index contributed by atoms with van der Waals surface area (Å²) in [6.45, 7) is 0.179. The number of hydrogen-bond donors (Lipinski definition) is 2. The number of nitrogens with one attached hydrogen (secondary N) is 3. The summed E-state index contributed by atoms with van der Waals surface area (Å²) < 4.78 is 38.9. The Morgan fingerprint density at radius 1 is 1.20 bits per heavy atom. The van der Waals surface area contributed by atoms with E-state index in [4.69, 9.17) is 5.73 Å². The second-order valence-corrected chi connectivity index (χ2v) is 5.97. The van der Waals surface area contributed by atoms with Crippen LogP contribution in [0.5, 0.6) is 0 Å². The molecule has 1 aliphatic rings. The third kappa shape index (κ3) is 4.08. The molecule has 1 aromatic carbocycles. The number of carbonyl (C=O) groups excluding carboxylic acids is 1. The summed E-state index contributed by atoms with van der Waals surface area (Å²) in [5.74, 6) is -0.324. The minimum Gasteiger partial charge on any atom is -0.664 e. The van der Waals surface area contributed by atoms with Crippen LogP contribution in [0.25, 0.3) is 5.73 Å². The molecular weight excluding hydrogens is 333 g/mol. The lowest BCUT2D eigenvalue weighted by Gasteiger charge is -2.17. The SMILES string of the molecule is [NH-]C1(C(=O)NCc2ccc(Nc3ccccc3C(F)(F)F)cn2)CC1. The van der Waals surface area contributed by atoms with E-state index in [-0.39, 0.29) is 18.1 Å². The third-order valence-electron chi connectivity index (χ3n) is 3.95. The van der Waals surface area contributed by atoms with Crippen LogP contribution in [-0.2, 0) is 17.5 Å². The Morgan fingerprint density at radius 2 is 1.92 bits per heavy atom. The first kappa shape index (κ1) is 17.2. The van der Waals surface area contributed by atoms with Gasteiger partial charge in [-0.2, -0.15) is 13.2 Å². The lowest BCUT2D eigenvalue weighted by Crippen LogP contribution is -2.33. The Hall–Kier alpha value is -2.61. The van der Waals surface area contributed by atoms with Gasteiger partial charge in [-0.25, -0.2) is 0 Å². The fourth-order valence-electron chi connectivity index (χ4n) is 2.29.